The first-order valence-electron chi connectivity index (χ1n) is 13.6. The first-order chi connectivity index (χ1) is 19.1. The lowest BCUT2D eigenvalue weighted by molar-refractivity contribution is -0.178. The highest BCUT2D eigenvalue weighted by atomic mass is 35.5. The molecule has 0 spiro atoms. The second-order valence-corrected chi connectivity index (χ2v) is 10.1. The number of pyridine rings is 1. The molecule has 192 valence electrons. The van der Waals surface area contributed by atoms with E-state index in [0.29, 0.717) is 26.1 Å². The molecule has 2 N–H and O–H groups in total. The van der Waals surface area contributed by atoms with Crippen LogP contribution in [-0.2, 0) is 21.7 Å². The van der Waals surface area contributed by atoms with Gasteiger partial charge in [-0.05, 0) is 61.2 Å². The van der Waals surface area contributed by atoms with Crippen molar-refractivity contribution in [1.29, 1.82) is 0 Å². The Kier molecular flexibility index (Phi) is 5.61. The fourth-order valence-corrected chi connectivity index (χ4v) is 4.72. The highest BCUT2D eigenvalue weighted by Gasteiger charge is 2.57. The summed E-state index contributed by atoms with van der Waals surface area (Å²) in [5, 5.41) is 21.5. The fourth-order valence-electron chi connectivity index (χ4n) is 4.48. The second-order valence-electron chi connectivity index (χ2n) is 9.22. The largest absolute Gasteiger partial charge is 0.396 e. The lowest BCUT2D eigenvalue weighted by Crippen LogP contribution is -2.54. The molecule has 2 heterocycles. The predicted molar refractivity (Wildman–Crippen MR) is 139 cm³/mol. The van der Waals surface area contributed by atoms with Crippen LogP contribution in [0.2, 0.25) is 10.0 Å². The van der Waals surface area contributed by atoms with Crippen molar-refractivity contribution in [3.8, 4) is 11.1 Å². The van der Waals surface area contributed by atoms with Crippen LogP contribution in [0, 0.1) is 5.41 Å². The summed E-state index contributed by atoms with van der Waals surface area (Å²) >= 11 is 12.2. The zero-order valence-corrected chi connectivity index (χ0v) is 21.3. The molecule has 9 heteroatoms. The van der Waals surface area contributed by atoms with Crippen molar-refractivity contribution < 1.29 is 30.0 Å². The topological polar surface area (TPSA) is 100.0 Å². The maximum absolute atomic E-state index is 14.0. The fraction of sp³-hybridized carbons (Fsp3) is 0.321. The minimum Gasteiger partial charge on any atom is -0.396 e. The number of hydrogen-bond acceptors (Lipinski definition) is 6. The number of halogens is 2. The first-order valence-corrected chi connectivity index (χ1v) is 12.4. The molecule has 1 aliphatic heterocycles. The molecule has 1 unspecified atom stereocenters. The van der Waals surface area contributed by atoms with Crippen LogP contribution < -0.4 is 0 Å². The van der Waals surface area contributed by atoms with Crippen molar-refractivity contribution in [2.24, 2.45) is 5.41 Å². The van der Waals surface area contributed by atoms with E-state index < -0.39 is 42.2 Å². The van der Waals surface area contributed by atoms with Crippen molar-refractivity contribution in [2.75, 3.05) is 13.1 Å². The van der Waals surface area contributed by atoms with Gasteiger partial charge in [0.1, 0.15) is 6.10 Å². The van der Waals surface area contributed by atoms with Crippen molar-refractivity contribution in [3.63, 3.8) is 0 Å². The number of nitrogens with zero attached hydrogens (tertiary/aromatic N) is 2. The quantitative estimate of drug-likeness (QED) is 0.429. The number of aliphatic hydroxyl groups excluding tert-OH is 1. The lowest BCUT2D eigenvalue weighted by Gasteiger charge is -2.40. The molecular weight excluding hydrogens is 515 g/mol. The maximum atomic E-state index is 14.0. The van der Waals surface area contributed by atoms with Crippen molar-refractivity contribution in [2.45, 2.75) is 38.0 Å². The molecule has 7 nitrogen and oxygen atoms in total. The molecule has 0 bridgehead atoms. The maximum Gasteiger partial charge on any atom is 0.263 e. The van der Waals surface area contributed by atoms with Crippen LogP contribution in [0.3, 0.4) is 0 Å². The Labute approximate surface area is 230 Å². The molecule has 1 saturated carbocycles. The smallest absolute Gasteiger partial charge is 0.263 e. The van der Waals surface area contributed by atoms with E-state index in [1.807, 2.05) is 0 Å². The van der Waals surface area contributed by atoms with Gasteiger partial charge in [-0.15, -0.1) is 0 Å². The summed E-state index contributed by atoms with van der Waals surface area (Å²) in [5.41, 5.74) is -2.86. The number of aromatic nitrogens is 1. The van der Waals surface area contributed by atoms with Crippen LogP contribution in [0.4, 0.5) is 0 Å². The standard InChI is InChI=1S/C28H26Cl2N2O5/c1-17(34)25(35)32-26(36)23-4-2-3-22(18-5-7-19(29)8-6-18)24(23)28(32,37-16-27(15-33)11-12-27)13-21-10-9-20(30)14-31-21/h2-10,14,17,33-34H,11-13,15-16H2,1H3/t17?,28-/m1/s1/i15D2,16D2. The lowest BCUT2D eigenvalue weighted by atomic mass is 9.88. The van der Waals surface area contributed by atoms with Gasteiger partial charge < -0.3 is 14.9 Å². The molecule has 5 rings (SSSR count). The predicted octanol–water partition coefficient (Wildman–Crippen LogP) is 4.60. The summed E-state index contributed by atoms with van der Waals surface area (Å²) in [6.07, 6.45) is -0.822. The number of fused-ring (bicyclic) bond motifs is 1. The van der Waals surface area contributed by atoms with Gasteiger partial charge in [0.05, 0.1) is 23.6 Å². The van der Waals surface area contributed by atoms with E-state index >= 15 is 0 Å². The van der Waals surface area contributed by atoms with Crippen LogP contribution in [0.15, 0.2) is 60.8 Å². The number of amides is 2. The van der Waals surface area contributed by atoms with Crippen molar-refractivity contribution in [3.05, 3.63) is 87.7 Å². The molecule has 1 fully saturated rings. The molecule has 1 aliphatic carbocycles. The van der Waals surface area contributed by atoms with Gasteiger partial charge in [-0.3, -0.25) is 14.6 Å². The molecule has 0 radical (unpaired) electrons. The highest BCUT2D eigenvalue weighted by Crippen LogP contribution is 2.51. The summed E-state index contributed by atoms with van der Waals surface area (Å²) < 4.78 is 40.2. The normalized spacial score (nSPS) is 22.9. The Morgan fingerprint density at radius 3 is 2.41 bits per heavy atom. The molecule has 0 saturated heterocycles. The average molecular weight is 545 g/mol. The van der Waals surface area contributed by atoms with Gasteiger partial charge in [-0.25, -0.2) is 4.90 Å². The van der Waals surface area contributed by atoms with Crippen LogP contribution >= 0.6 is 23.2 Å². The van der Waals surface area contributed by atoms with E-state index in [1.165, 1.54) is 31.3 Å². The molecule has 2 aromatic carbocycles. The number of aliphatic hydroxyl groups is 2. The third-order valence-corrected chi connectivity index (χ3v) is 7.05. The Balaban J connectivity index is 1.82. The molecule has 2 amide bonds. The van der Waals surface area contributed by atoms with Crippen LogP contribution in [0.25, 0.3) is 11.1 Å². The number of ether oxygens (including phenoxy) is 1. The van der Waals surface area contributed by atoms with Gasteiger partial charge in [-0.1, -0.05) is 47.5 Å². The Morgan fingerprint density at radius 1 is 1.14 bits per heavy atom. The van der Waals surface area contributed by atoms with Crippen molar-refractivity contribution in [1.82, 2.24) is 9.88 Å². The summed E-state index contributed by atoms with van der Waals surface area (Å²) in [5.74, 6) is -1.90. The first kappa shape index (κ1) is 21.2. The zero-order chi connectivity index (χ0) is 30.0. The Hall–Kier alpha value is -2.81. The van der Waals surface area contributed by atoms with E-state index in [9.17, 15) is 19.8 Å². The number of carbonyl (C=O) groups is 2. The van der Waals surface area contributed by atoms with Crippen molar-refractivity contribution >= 4 is 35.0 Å². The van der Waals surface area contributed by atoms with Crippen LogP contribution in [0.5, 0.6) is 0 Å². The summed E-state index contributed by atoms with van der Waals surface area (Å²) in [7, 11) is 0. The second kappa shape index (κ2) is 9.82. The number of benzene rings is 2. The number of hydrogen-bond donors (Lipinski definition) is 2. The number of imide groups is 1. The third kappa shape index (κ3) is 4.67. The van der Waals surface area contributed by atoms with Gasteiger partial charge in [0.2, 0.25) is 0 Å². The summed E-state index contributed by atoms with van der Waals surface area (Å²) in [6, 6.07) is 14.4. The monoisotopic (exact) mass is 544 g/mol. The minimum atomic E-state index is -2.99. The zero-order valence-electron chi connectivity index (χ0n) is 23.7. The Bertz CT molecular complexity index is 1510. The minimum absolute atomic E-state index is 0.0214. The van der Waals surface area contributed by atoms with Gasteiger partial charge in [0, 0.05) is 39.9 Å². The van der Waals surface area contributed by atoms with E-state index in [1.54, 1.807) is 36.4 Å². The van der Waals surface area contributed by atoms with E-state index in [4.69, 9.17) is 33.4 Å². The van der Waals surface area contributed by atoms with E-state index in [2.05, 4.69) is 4.98 Å². The average Bonchev–Trinajstić information content (AvgIpc) is 3.70. The van der Waals surface area contributed by atoms with Gasteiger partial charge >= 0.3 is 0 Å². The Morgan fingerprint density at radius 2 is 1.81 bits per heavy atom. The highest BCUT2D eigenvalue weighted by molar-refractivity contribution is 6.30. The summed E-state index contributed by atoms with van der Waals surface area (Å²) in [6.45, 7) is -4.73. The number of rotatable bonds is 8. The van der Waals surface area contributed by atoms with E-state index in [-0.39, 0.29) is 36.1 Å². The SMILES string of the molecule is [2H]C([2H])(O)C1(C([2H])([2H])O[C@]2(Cc3ccc(Cl)cn3)c3c(cccc3-c3ccc(Cl)cc3)C(=O)N2C(=O)C(C)O)CC1. The van der Waals surface area contributed by atoms with Crippen LogP contribution in [0.1, 0.15) is 46.9 Å². The van der Waals surface area contributed by atoms with Crippen LogP contribution in [-0.4, -0.2) is 51.1 Å². The van der Waals surface area contributed by atoms with E-state index in [0.717, 1.165) is 0 Å². The molecular formula is C28H26Cl2N2O5. The van der Waals surface area contributed by atoms with Gasteiger partial charge in [0.15, 0.2) is 5.72 Å². The molecule has 37 heavy (non-hydrogen) atoms. The molecule has 3 aromatic rings. The molecule has 1 aromatic heterocycles. The molecule has 2 atom stereocenters. The molecule has 2 aliphatic rings. The van der Waals surface area contributed by atoms with Gasteiger partial charge in [-0.2, -0.15) is 0 Å². The third-order valence-electron chi connectivity index (χ3n) is 6.57. The summed E-state index contributed by atoms with van der Waals surface area (Å²) in [4.78, 5) is 32.6. The van der Waals surface area contributed by atoms with Gasteiger partial charge in [0.25, 0.3) is 11.8 Å². The number of carbonyl (C=O) groups excluding carboxylic acids is 2.